The molecule has 2 aromatic rings. The van der Waals surface area contributed by atoms with Gasteiger partial charge in [0.1, 0.15) is 17.3 Å². The van der Waals surface area contributed by atoms with Gasteiger partial charge in [-0.25, -0.2) is 4.39 Å². The zero-order chi connectivity index (χ0) is 15.4. The molecule has 0 amide bonds. The van der Waals surface area contributed by atoms with E-state index in [2.05, 4.69) is 21.2 Å². The highest BCUT2D eigenvalue weighted by Gasteiger charge is 2.12. The maximum atomic E-state index is 13.9. The number of rotatable bonds is 5. The van der Waals surface area contributed by atoms with Crippen molar-refractivity contribution in [3.8, 4) is 11.5 Å². The largest absolute Gasteiger partial charge is 0.497 e. The second-order valence-corrected chi connectivity index (χ2v) is 5.55. The molecule has 0 fully saturated rings. The number of benzene rings is 2. The van der Waals surface area contributed by atoms with Crippen molar-refractivity contribution in [1.82, 2.24) is 0 Å². The molecule has 0 aliphatic heterocycles. The Morgan fingerprint density at radius 1 is 1.05 bits per heavy atom. The van der Waals surface area contributed by atoms with Crippen LogP contribution in [0.25, 0.3) is 0 Å². The van der Waals surface area contributed by atoms with E-state index in [0.29, 0.717) is 17.1 Å². The molecule has 1 N–H and O–H groups in total. The van der Waals surface area contributed by atoms with E-state index >= 15 is 0 Å². The van der Waals surface area contributed by atoms with Crippen molar-refractivity contribution in [3.63, 3.8) is 0 Å². The predicted molar refractivity (Wildman–Crippen MR) is 85.7 cm³/mol. The first-order chi connectivity index (χ1) is 10.0. The monoisotopic (exact) mass is 353 g/mol. The van der Waals surface area contributed by atoms with Crippen molar-refractivity contribution in [1.29, 1.82) is 0 Å². The molecule has 0 aliphatic carbocycles. The molecule has 0 spiro atoms. The van der Waals surface area contributed by atoms with Crippen molar-refractivity contribution in [2.24, 2.45) is 0 Å². The van der Waals surface area contributed by atoms with Crippen molar-refractivity contribution in [2.45, 2.75) is 13.0 Å². The van der Waals surface area contributed by atoms with Gasteiger partial charge in [0.25, 0.3) is 0 Å². The van der Waals surface area contributed by atoms with Crippen LogP contribution in [0.15, 0.2) is 40.9 Å². The summed E-state index contributed by atoms with van der Waals surface area (Å²) in [4.78, 5) is 0. The summed E-state index contributed by atoms with van der Waals surface area (Å²) in [5.41, 5.74) is 1.39. The molecule has 0 bridgehead atoms. The quantitative estimate of drug-likeness (QED) is 0.838. The molecule has 3 nitrogen and oxygen atoms in total. The molecule has 112 valence electrons. The lowest BCUT2D eigenvalue weighted by Crippen LogP contribution is -2.09. The summed E-state index contributed by atoms with van der Waals surface area (Å²) in [5.74, 6) is 1.12. The van der Waals surface area contributed by atoms with Crippen LogP contribution in [0.4, 0.5) is 10.1 Å². The minimum atomic E-state index is -0.243. The standard InChI is InChI=1S/C16H17BrFNO2/c1-10(15-6-11(17)4-5-16(15)18)19-12-7-13(20-2)9-14(8-12)21-3/h4-10,19H,1-3H3. The van der Waals surface area contributed by atoms with E-state index in [0.717, 1.165) is 10.2 Å². The number of methoxy groups -OCH3 is 2. The van der Waals surface area contributed by atoms with Gasteiger partial charge in [0.2, 0.25) is 0 Å². The molecule has 2 aromatic carbocycles. The van der Waals surface area contributed by atoms with Crippen molar-refractivity contribution in [2.75, 3.05) is 19.5 Å². The van der Waals surface area contributed by atoms with Crippen LogP contribution in [0.3, 0.4) is 0 Å². The van der Waals surface area contributed by atoms with Gasteiger partial charge in [0.05, 0.1) is 20.3 Å². The highest BCUT2D eigenvalue weighted by atomic mass is 79.9. The molecule has 0 saturated heterocycles. The zero-order valence-corrected chi connectivity index (χ0v) is 13.7. The van der Waals surface area contributed by atoms with Gasteiger partial charge in [0.15, 0.2) is 0 Å². The van der Waals surface area contributed by atoms with Gasteiger partial charge in [-0.3, -0.25) is 0 Å². The number of halogens is 2. The Morgan fingerprint density at radius 3 is 2.24 bits per heavy atom. The summed E-state index contributed by atoms with van der Waals surface area (Å²) in [5, 5.41) is 3.25. The molecule has 0 radical (unpaired) electrons. The lowest BCUT2D eigenvalue weighted by atomic mass is 10.1. The maximum absolute atomic E-state index is 13.9. The molecular weight excluding hydrogens is 337 g/mol. The number of anilines is 1. The minimum absolute atomic E-state index is 0.195. The van der Waals surface area contributed by atoms with Gasteiger partial charge >= 0.3 is 0 Å². The topological polar surface area (TPSA) is 30.5 Å². The molecule has 0 saturated carbocycles. The van der Waals surface area contributed by atoms with Crippen molar-refractivity contribution in [3.05, 3.63) is 52.3 Å². The smallest absolute Gasteiger partial charge is 0.128 e. The fourth-order valence-electron chi connectivity index (χ4n) is 2.06. The number of hydrogen-bond donors (Lipinski definition) is 1. The highest BCUT2D eigenvalue weighted by molar-refractivity contribution is 9.10. The van der Waals surface area contributed by atoms with Crippen LogP contribution in [0.2, 0.25) is 0 Å². The van der Waals surface area contributed by atoms with Gasteiger partial charge in [-0.05, 0) is 25.1 Å². The molecular formula is C16H17BrFNO2. The number of ether oxygens (including phenoxy) is 2. The van der Waals surface area contributed by atoms with E-state index in [9.17, 15) is 4.39 Å². The van der Waals surface area contributed by atoms with E-state index in [1.54, 1.807) is 32.4 Å². The summed E-state index contributed by atoms with van der Waals surface area (Å²) in [7, 11) is 3.19. The second kappa shape index (κ2) is 6.80. The van der Waals surface area contributed by atoms with Gasteiger partial charge in [0, 0.05) is 33.9 Å². The van der Waals surface area contributed by atoms with E-state index in [1.165, 1.54) is 6.07 Å². The second-order valence-electron chi connectivity index (χ2n) is 4.63. The number of nitrogens with one attached hydrogen (secondary N) is 1. The van der Waals surface area contributed by atoms with E-state index in [1.807, 2.05) is 19.1 Å². The predicted octanol–water partition coefficient (Wildman–Crippen LogP) is 4.78. The third kappa shape index (κ3) is 3.88. The lowest BCUT2D eigenvalue weighted by molar-refractivity contribution is 0.394. The van der Waals surface area contributed by atoms with Crippen molar-refractivity contribution >= 4 is 21.6 Å². The molecule has 1 unspecified atom stereocenters. The molecule has 2 rings (SSSR count). The molecule has 0 heterocycles. The first kappa shape index (κ1) is 15.6. The lowest BCUT2D eigenvalue weighted by Gasteiger charge is -2.18. The summed E-state index contributed by atoms with van der Waals surface area (Å²) >= 11 is 3.36. The van der Waals surface area contributed by atoms with E-state index < -0.39 is 0 Å². The van der Waals surface area contributed by atoms with Crippen LogP contribution in [0, 0.1) is 5.82 Å². The Balaban J connectivity index is 2.26. The average Bonchev–Trinajstić information content (AvgIpc) is 2.49. The fraction of sp³-hybridized carbons (Fsp3) is 0.250. The summed E-state index contributed by atoms with van der Waals surface area (Å²) in [6, 6.07) is 10.2. The van der Waals surface area contributed by atoms with Crippen LogP contribution in [0.1, 0.15) is 18.5 Å². The first-order valence-electron chi connectivity index (χ1n) is 6.48. The Kier molecular flexibility index (Phi) is 5.07. The molecule has 5 heteroatoms. The van der Waals surface area contributed by atoms with Crippen molar-refractivity contribution < 1.29 is 13.9 Å². The van der Waals surface area contributed by atoms with Crippen LogP contribution >= 0.6 is 15.9 Å². The first-order valence-corrected chi connectivity index (χ1v) is 7.27. The van der Waals surface area contributed by atoms with Crippen LogP contribution in [0.5, 0.6) is 11.5 Å². The van der Waals surface area contributed by atoms with E-state index in [4.69, 9.17) is 9.47 Å². The normalized spacial score (nSPS) is 11.9. The fourth-order valence-corrected chi connectivity index (χ4v) is 2.44. The third-order valence-electron chi connectivity index (χ3n) is 3.16. The Morgan fingerprint density at radius 2 is 1.67 bits per heavy atom. The van der Waals surface area contributed by atoms with Gasteiger partial charge in [-0.15, -0.1) is 0 Å². The molecule has 0 aliphatic rings. The SMILES string of the molecule is COc1cc(NC(C)c2cc(Br)ccc2F)cc(OC)c1. The van der Waals surface area contributed by atoms with Gasteiger partial charge in [-0.1, -0.05) is 15.9 Å². The Hall–Kier alpha value is -1.75. The zero-order valence-electron chi connectivity index (χ0n) is 12.1. The van der Waals surface area contributed by atoms with Crippen LogP contribution < -0.4 is 14.8 Å². The highest BCUT2D eigenvalue weighted by Crippen LogP contribution is 2.30. The van der Waals surface area contributed by atoms with Gasteiger partial charge < -0.3 is 14.8 Å². The Labute approximate surface area is 132 Å². The molecule has 0 aromatic heterocycles. The molecule has 21 heavy (non-hydrogen) atoms. The molecule has 1 atom stereocenters. The van der Waals surface area contributed by atoms with Crippen LogP contribution in [-0.4, -0.2) is 14.2 Å². The van der Waals surface area contributed by atoms with Crippen LogP contribution in [-0.2, 0) is 0 Å². The van der Waals surface area contributed by atoms with E-state index in [-0.39, 0.29) is 11.9 Å². The summed E-state index contributed by atoms with van der Waals surface area (Å²) < 4.78 is 25.2. The average molecular weight is 354 g/mol. The maximum Gasteiger partial charge on any atom is 0.128 e. The summed E-state index contributed by atoms with van der Waals surface area (Å²) in [6.45, 7) is 1.90. The Bertz CT molecular complexity index is 611. The summed E-state index contributed by atoms with van der Waals surface area (Å²) in [6.07, 6.45) is 0. The minimum Gasteiger partial charge on any atom is -0.497 e. The van der Waals surface area contributed by atoms with Gasteiger partial charge in [-0.2, -0.15) is 0 Å². The number of hydrogen-bond acceptors (Lipinski definition) is 3. The third-order valence-corrected chi connectivity index (χ3v) is 3.65.